The summed E-state index contributed by atoms with van der Waals surface area (Å²) in [6, 6.07) is -3.13. The van der Waals surface area contributed by atoms with Crippen LogP contribution in [-0.2, 0) is 19.2 Å². The van der Waals surface area contributed by atoms with Crippen molar-refractivity contribution in [1.82, 2.24) is 0 Å². The summed E-state index contributed by atoms with van der Waals surface area (Å²) < 4.78 is 0. The van der Waals surface area contributed by atoms with Crippen LogP contribution in [0, 0.1) is 0 Å². The lowest BCUT2D eigenvalue weighted by Crippen LogP contribution is -2.33. The van der Waals surface area contributed by atoms with Crippen LogP contribution >= 0.6 is 21.6 Å². The molecule has 13 heteroatoms. The van der Waals surface area contributed by atoms with Crippen LogP contribution in [0.15, 0.2) is 0 Å². The van der Waals surface area contributed by atoms with Gasteiger partial charge in [-0.25, -0.2) is 0 Å². The highest BCUT2D eigenvalue weighted by Crippen LogP contribution is 2.22. The van der Waals surface area contributed by atoms with Crippen LogP contribution < -0.4 is 17.2 Å². The number of carboxylic acid groups (broad SMARTS) is 4. The fraction of sp³-hybridized carbons (Fsp3) is 0.600. The molecule has 0 aromatic heterocycles. The Labute approximate surface area is 139 Å². The SMILES string of the molecule is N[C@@H](CC(=O)O)C(=O)O.N[C@@H](CSSC[C@H](N)C(=O)O)C(=O)O. The predicted molar refractivity (Wildman–Crippen MR) is 84.0 cm³/mol. The lowest BCUT2D eigenvalue weighted by atomic mass is 10.2. The van der Waals surface area contributed by atoms with Crippen LogP contribution in [0.1, 0.15) is 6.42 Å². The number of carboxylic acids is 4. The minimum atomic E-state index is -1.29. The van der Waals surface area contributed by atoms with Crippen molar-refractivity contribution in [3.8, 4) is 0 Å². The molecule has 0 aliphatic carbocycles. The zero-order valence-electron chi connectivity index (χ0n) is 11.8. The average molecular weight is 373 g/mol. The lowest BCUT2D eigenvalue weighted by Gasteiger charge is -2.07. The van der Waals surface area contributed by atoms with Crippen LogP contribution in [0.3, 0.4) is 0 Å². The largest absolute Gasteiger partial charge is 0.481 e. The van der Waals surface area contributed by atoms with Gasteiger partial charge in [-0.3, -0.25) is 19.2 Å². The highest BCUT2D eigenvalue weighted by atomic mass is 33.1. The molecule has 0 aliphatic rings. The van der Waals surface area contributed by atoms with Gasteiger partial charge in [-0.1, -0.05) is 21.6 Å². The van der Waals surface area contributed by atoms with Gasteiger partial charge in [0.25, 0.3) is 0 Å². The summed E-state index contributed by atoms with van der Waals surface area (Å²) in [5.74, 6) is -4.18. The van der Waals surface area contributed by atoms with Gasteiger partial charge in [0.2, 0.25) is 0 Å². The Morgan fingerprint density at radius 1 is 0.696 bits per heavy atom. The van der Waals surface area contributed by atoms with Gasteiger partial charge >= 0.3 is 23.9 Å². The van der Waals surface area contributed by atoms with E-state index in [1.807, 2.05) is 0 Å². The van der Waals surface area contributed by atoms with Crippen LogP contribution in [-0.4, -0.2) is 73.9 Å². The maximum Gasteiger partial charge on any atom is 0.321 e. The quantitative estimate of drug-likeness (QED) is 0.163. The molecule has 0 rings (SSSR count). The maximum absolute atomic E-state index is 10.3. The summed E-state index contributed by atoms with van der Waals surface area (Å²) in [4.78, 5) is 40.2. The second-order valence-electron chi connectivity index (χ2n) is 4.00. The first-order valence-corrected chi connectivity index (χ1v) is 8.39. The first-order valence-electron chi connectivity index (χ1n) is 5.90. The Balaban J connectivity index is 0. The molecule has 0 aromatic rings. The Morgan fingerprint density at radius 3 is 1.17 bits per heavy atom. The first kappa shape index (κ1) is 23.7. The van der Waals surface area contributed by atoms with Crippen LogP contribution in [0.25, 0.3) is 0 Å². The zero-order chi connectivity index (χ0) is 18.6. The molecule has 134 valence electrons. The van der Waals surface area contributed by atoms with Crippen molar-refractivity contribution >= 4 is 45.5 Å². The van der Waals surface area contributed by atoms with Crippen LogP contribution in [0.4, 0.5) is 0 Å². The van der Waals surface area contributed by atoms with Crippen molar-refractivity contribution in [3.63, 3.8) is 0 Å². The molecule has 0 fully saturated rings. The molecular weight excluding hydrogens is 354 g/mol. The molecule has 0 spiro atoms. The Kier molecular flexibility index (Phi) is 13.4. The van der Waals surface area contributed by atoms with E-state index in [9.17, 15) is 19.2 Å². The van der Waals surface area contributed by atoms with E-state index in [0.29, 0.717) is 0 Å². The van der Waals surface area contributed by atoms with Crippen molar-refractivity contribution in [2.24, 2.45) is 17.2 Å². The molecule has 0 radical (unpaired) electrons. The summed E-state index contributed by atoms with van der Waals surface area (Å²) >= 11 is 0. The van der Waals surface area contributed by atoms with Crippen molar-refractivity contribution < 1.29 is 39.6 Å². The molecule has 11 nitrogen and oxygen atoms in total. The van der Waals surface area contributed by atoms with E-state index in [0.717, 1.165) is 0 Å². The topological polar surface area (TPSA) is 227 Å². The fourth-order valence-electron chi connectivity index (χ4n) is 0.661. The molecule has 3 atom stereocenters. The van der Waals surface area contributed by atoms with E-state index in [-0.39, 0.29) is 11.5 Å². The van der Waals surface area contributed by atoms with Crippen molar-refractivity contribution in [3.05, 3.63) is 0 Å². The summed E-state index contributed by atoms with van der Waals surface area (Å²) in [6.07, 6.45) is -0.532. The smallest absolute Gasteiger partial charge is 0.321 e. The number of nitrogens with two attached hydrogens (primary N) is 3. The lowest BCUT2D eigenvalue weighted by molar-refractivity contribution is -0.144. The number of rotatable bonds is 10. The zero-order valence-corrected chi connectivity index (χ0v) is 13.5. The van der Waals surface area contributed by atoms with Gasteiger partial charge in [0, 0.05) is 11.5 Å². The summed E-state index contributed by atoms with van der Waals surface area (Å²) in [7, 11) is 2.41. The number of aliphatic carboxylic acids is 4. The molecule has 23 heavy (non-hydrogen) atoms. The molecule has 0 aromatic carbocycles. The third kappa shape index (κ3) is 15.1. The third-order valence-electron chi connectivity index (χ3n) is 1.92. The predicted octanol–water partition coefficient (Wildman–Crippen LogP) is -1.94. The number of carbonyl (C=O) groups is 4. The number of hydrogen-bond acceptors (Lipinski definition) is 9. The van der Waals surface area contributed by atoms with Crippen molar-refractivity contribution in [1.29, 1.82) is 0 Å². The van der Waals surface area contributed by atoms with E-state index in [4.69, 9.17) is 37.6 Å². The Bertz CT molecular complexity index is 401. The second kappa shape index (κ2) is 13.0. The van der Waals surface area contributed by atoms with E-state index < -0.39 is 48.4 Å². The summed E-state index contributed by atoms with van der Waals surface area (Å²) in [5, 5.41) is 32.9. The molecular formula is C10H19N3O8S2. The van der Waals surface area contributed by atoms with Gasteiger partial charge < -0.3 is 37.6 Å². The van der Waals surface area contributed by atoms with Crippen molar-refractivity contribution in [2.45, 2.75) is 24.5 Å². The van der Waals surface area contributed by atoms with Crippen LogP contribution in [0.5, 0.6) is 0 Å². The normalized spacial score (nSPS) is 13.9. The minimum absolute atomic E-state index is 0.229. The van der Waals surface area contributed by atoms with Crippen molar-refractivity contribution in [2.75, 3.05) is 11.5 Å². The molecule has 0 heterocycles. The molecule has 10 N–H and O–H groups in total. The van der Waals surface area contributed by atoms with Gasteiger partial charge in [-0.05, 0) is 0 Å². The molecule has 0 unspecified atom stereocenters. The van der Waals surface area contributed by atoms with Gasteiger partial charge in [-0.15, -0.1) is 0 Å². The number of hydrogen-bond donors (Lipinski definition) is 7. The summed E-state index contributed by atoms with van der Waals surface area (Å²) in [5.41, 5.74) is 15.3. The van der Waals surface area contributed by atoms with Gasteiger partial charge in [-0.2, -0.15) is 0 Å². The fourth-order valence-corrected chi connectivity index (χ4v) is 2.89. The highest BCUT2D eigenvalue weighted by Gasteiger charge is 2.15. The highest BCUT2D eigenvalue weighted by molar-refractivity contribution is 8.76. The molecule has 0 aliphatic heterocycles. The molecule has 0 bridgehead atoms. The Hall–Kier alpha value is -1.54. The second-order valence-corrected chi connectivity index (χ2v) is 6.55. The van der Waals surface area contributed by atoms with E-state index in [2.05, 4.69) is 0 Å². The third-order valence-corrected chi connectivity index (χ3v) is 4.40. The maximum atomic E-state index is 10.3. The van der Waals surface area contributed by atoms with Gasteiger partial charge in [0.1, 0.15) is 18.1 Å². The van der Waals surface area contributed by atoms with E-state index in [1.165, 1.54) is 21.6 Å². The molecule has 0 amide bonds. The Morgan fingerprint density at radius 2 is 1.00 bits per heavy atom. The minimum Gasteiger partial charge on any atom is -0.481 e. The van der Waals surface area contributed by atoms with E-state index in [1.54, 1.807) is 0 Å². The van der Waals surface area contributed by atoms with Crippen LogP contribution in [0.2, 0.25) is 0 Å². The average Bonchev–Trinajstić information content (AvgIpc) is 2.42. The first-order chi connectivity index (χ1) is 10.5. The van der Waals surface area contributed by atoms with Gasteiger partial charge in [0.15, 0.2) is 0 Å². The standard InChI is InChI=1S/C6H12N2O4S2.C4H7NO4/c7-3(5(9)10)1-13-14-2-4(8)6(11)12;5-2(4(8)9)1-3(6)7/h3-4H,1-2,7-8H2,(H,9,10)(H,11,12);2H,1,5H2,(H,6,7)(H,8,9)/t3-,4-;2-/m00/s1. The van der Waals surface area contributed by atoms with E-state index >= 15 is 0 Å². The molecule has 0 saturated heterocycles. The summed E-state index contributed by atoms with van der Waals surface area (Å²) in [6.45, 7) is 0. The monoisotopic (exact) mass is 373 g/mol. The molecule has 0 saturated carbocycles. The van der Waals surface area contributed by atoms with Gasteiger partial charge in [0.05, 0.1) is 6.42 Å².